The van der Waals surface area contributed by atoms with Gasteiger partial charge in [-0.2, -0.15) is 0 Å². The van der Waals surface area contributed by atoms with E-state index in [1.54, 1.807) is 0 Å². The Balaban J connectivity index is 1.40. The highest BCUT2D eigenvalue weighted by atomic mass is 16.5. The molecule has 2 fully saturated rings. The highest BCUT2D eigenvalue weighted by Gasteiger charge is 2.11. The van der Waals surface area contributed by atoms with Crippen molar-refractivity contribution in [3.8, 4) is 0 Å². The molecule has 0 amide bonds. The average Bonchev–Trinajstić information content (AvgIpc) is 2.73. The van der Waals surface area contributed by atoms with Crippen molar-refractivity contribution in [1.29, 1.82) is 0 Å². The molecule has 0 unspecified atom stereocenters. The lowest BCUT2D eigenvalue weighted by atomic mass is 10.2. The van der Waals surface area contributed by atoms with E-state index in [4.69, 9.17) is 18.9 Å². The summed E-state index contributed by atoms with van der Waals surface area (Å²) in [5.74, 6) is -1.02. The Morgan fingerprint density at radius 3 is 1.79 bits per heavy atom. The topological polar surface area (TPSA) is 77.5 Å². The van der Waals surface area contributed by atoms with Crippen LogP contribution in [0.25, 0.3) is 0 Å². The third-order valence-electron chi connectivity index (χ3n) is 4.83. The van der Waals surface area contributed by atoms with Crippen LogP contribution in [0.4, 0.5) is 0 Å². The molecule has 2 saturated heterocycles. The summed E-state index contributed by atoms with van der Waals surface area (Å²) in [6, 6.07) is 0. The van der Waals surface area contributed by atoms with E-state index in [1.165, 1.54) is 0 Å². The maximum Gasteiger partial charge on any atom is 0.331 e. The molecule has 0 atom stereocenters. The molecule has 0 N–H and O–H groups in total. The summed E-state index contributed by atoms with van der Waals surface area (Å²) >= 11 is 0. The van der Waals surface area contributed by atoms with Crippen LogP contribution >= 0.6 is 0 Å². The van der Waals surface area contributed by atoms with E-state index in [1.807, 2.05) is 0 Å². The zero-order valence-electron chi connectivity index (χ0n) is 16.8. The first-order valence-electron chi connectivity index (χ1n) is 10.4. The molecule has 2 rings (SSSR count). The van der Waals surface area contributed by atoms with Crippen molar-refractivity contribution >= 4 is 11.9 Å². The molecule has 2 aliphatic rings. The lowest BCUT2D eigenvalue weighted by Gasteiger charge is -2.26. The molecule has 28 heavy (non-hydrogen) atoms. The summed E-state index contributed by atoms with van der Waals surface area (Å²) in [6.45, 7) is 9.35. The summed E-state index contributed by atoms with van der Waals surface area (Å²) in [5.41, 5.74) is 0. The van der Waals surface area contributed by atoms with Gasteiger partial charge in [-0.1, -0.05) is 12.8 Å². The van der Waals surface area contributed by atoms with Crippen LogP contribution in [0.1, 0.15) is 25.7 Å². The van der Waals surface area contributed by atoms with Crippen molar-refractivity contribution in [3.63, 3.8) is 0 Å². The molecular weight excluding hydrogens is 364 g/mol. The smallest absolute Gasteiger partial charge is 0.331 e. The van der Waals surface area contributed by atoms with E-state index in [0.717, 1.165) is 83.8 Å². The van der Waals surface area contributed by atoms with Crippen molar-refractivity contribution in [3.05, 3.63) is 12.2 Å². The van der Waals surface area contributed by atoms with E-state index in [0.29, 0.717) is 33.0 Å². The van der Waals surface area contributed by atoms with Gasteiger partial charge in [0.05, 0.1) is 33.0 Å². The van der Waals surface area contributed by atoms with Gasteiger partial charge in [-0.15, -0.1) is 0 Å². The van der Waals surface area contributed by atoms with Crippen molar-refractivity contribution < 1.29 is 28.5 Å². The fourth-order valence-corrected chi connectivity index (χ4v) is 3.12. The lowest BCUT2D eigenvalue weighted by molar-refractivity contribution is -0.140. The molecule has 0 aromatic carbocycles. The predicted octanol–water partition coefficient (Wildman–Crippen LogP) is 0.854. The number of carbonyl (C=O) groups is 2. The normalized spacial score (nSPS) is 19.0. The van der Waals surface area contributed by atoms with Gasteiger partial charge in [-0.05, 0) is 19.4 Å². The molecule has 0 spiro atoms. The first kappa shape index (κ1) is 22.8. The number of ether oxygens (including phenoxy) is 4. The molecule has 8 nitrogen and oxygen atoms in total. The second-order valence-electron chi connectivity index (χ2n) is 6.99. The largest absolute Gasteiger partial charge is 0.463 e. The summed E-state index contributed by atoms with van der Waals surface area (Å²) < 4.78 is 20.8. The molecule has 0 bridgehead atoms. The van der Waals surface area contributed by atoms with Crippen molar-refractivity contribution in [2.24, 2.45) is 0 Å². The number of carbonyl (C=O) groups excluding carboxylic acids is 2. The molecule has 2 heterocycles. The minimum atomic E-state index is -0.520. The first-order chi connectivity index (χ1) is 13.7. The quantitative estimate of drug-likeness (QED) is 0.272. The minimum absolute atomic E-state index is 0.308. The van der Waals surface area contributed by atoms with Crippen LogP contribution < -0.4 is 0 Å². The Labute approximate surface area is 167 Å². The van der Waals surface area contributed by atoms with Crippen LogP contribution in [0.3, 0.4) is 0 Å². The maximum atomic E-state index is 11.6. The van der Waals surface area contributed by atoms with Gasteiger partial charge in [-0.3, -0.25) is 9.80 Å². The number of nitrogens with zero attached hydrogens (tertiary/aromatic N) is 2. The zero-order chi connectivity index (χ0) is 19.9. The summed E-state index contributed by atoms with van der Waals surface area (Å²) in [5, 5.41) is 0. The Kier molecular flexibility index (Phi) is 11.8. The molecular formula is C20H34N2O6. The molecule has 0 aromatic rings. The van der Waals surface area contributed by atoms with E-state index in [-0.39, 0.29) is 0 Å². The highest BCUT2D eigenvalue weighted by molar-refractivity contribution is 5.91. The van der Waals surface area contributed by atoms with Gasteiger partial charge in [0.15, 0.2) is 0 Å². The molecule has 0 aliphatic carbocycles. The van der Waals surface area contributed by atoms with Crippen LogP contribution in [0, 0.1) is 0 Å². The molecule has 8 heteroatoms. The van der Waals surface area contributed by atoms with Crippen LogP contribution in [-0.2, 0) is 28.5 Å². The summed E-state index contributed by atoms with van der Waals surface area (Å²) in [4.78, 5) is 27.8. The fourth-order valence-electron chi connectivity index (χ4n) is 3.12. The average molecular weight is 399 g/mol. The molecule has 0 radical (unpaired) electrons. The molecule has 160 valence electrons. The van der Waals surface area contributed by atoms with E-state index in [2.05, 4.69) is 9.80 Å². The van der Waals surface area contributed by atoms with E-state index >= 15 is 0 Å². The maximum absolute atomic E-state index is 11.6. The number of unbranched alkanes of at least 4 members (excludes halogenated alkanes) is 3. The number of morpholine rings is 2. The Morgan fingerprint density at radius 2 is 1.18 bits per heavy atom. The van der Waals surface area contributed by atoms with Crippen molar-refractivity contribution in [1.82, 2.24) is 9.80 Å². The lowest BCUT2D eigenvalue weighted by Crippen LogP contribution is -2.38. The number of esters is 2. The second-order valence-corrected chi connectivity index (χ2v) is 6.99. The van der Waals surface area contributed by atoms with Gasteiger partial charge in [0.1, 0.15) is 6.61 Å². The van der Waals surface area contributed by atoms with E-state index < -0.39 is 11.9 Å². The monoisotopic (exact) mass is 398 g/mol. The Hall–Kier alpha value is -1.48. The van der Waals surface area contributed by atoms with Gasteiger partial charge in [-0.25, -0.2) is 9.59 Å². The SMILES string of the molecule is O=C(/C=C/C(=O)OCCN1CCOCC1)OCCCCCCN1CCOCC1. The number of rotatable bonds is 12. The number of hydrogen-bond donors (Lipinski definition) is 0. The first-order valence-corrected chi connectivity index (χ1v) is 10.4. The predicted molar refractivity (Wildman–Crippen MR) is 104 cm³/mol. The van der Waals surface area contributed by atoms with Crippen molar-refractivity contribution in [2.75, 3.05) is 78.9 Å². The fraction of sp³-hybridized carbons (Fsp3) is 0.800. The number of hydrogen-bond acceptors (Lipinski definition) is 8. The minimum Gasteiger partial charge on any atom is -0.463 e. The molecule has 2 aliphatic heterocycles. The van der Waals surface area contributed by atoms with E-state index in [9.17, 15) is 9.59 Å². The standard InChI is InChI=1S/C20H34N2O6/c23-19(5-6-20(24)28-18-12-22-10-16-26-17-11-22)27-13-4-2-1-3-7-21-8-14-25-15-9-21/h5-6H,1-4,7-18H2/b6-5+. The van der Waals surface area contributed by atoms with Gasteiger partial charge >= 0.3 is 11.9 Å². The summed E-state index contributed by atoms with van der Waals surface area (Å²) in [7, 11) is 0. The van der Waals surface area contributed by atoms with Crippen LogP contribution in [-0.4, -0.2) is 101 Å². The van der Waals surface area contributed by atoms with Gasteiger partial charge in [0.2, 0.25) is 0 Å². The van der Waals surface area contributed by atoms with Crippen LogP contribution in [0.2, 0.25) is 0 Å². The third-order valence-corrected chi connectivity index (χ3v) is 4.83. The van der Waals surface area contributed by atoms with Crippen molar-refractivity contribution in [2.45, 2.75) is 25.7 Å². The highest BCUT2D eigenvalue weighted by Crippen LogP contribution is 2.04. The summed E-state index contributed by atoms with van der Waals surface area (Å²) in [6.07, 6.45) is 6.42. The van der Waals surface area contributed by atoms with Crippen LogP contribution in [0.5, 0.6) is 0 Å². The Bertz CT molecular complexity index is 473. The molecule has 0 saturated carbocycles. The zero-order valence-corrected chi connectivity index (χ0v) is 16.8. The van der Waals surface area contributed by atoms with Gasteiger partial charge in [0, 0.05) is 44.9 Å². The Morgan fingerprint density at radius 1 is 0.679 bits per heavy atom. The third kappa shape index (κ3) is 10.8. The van der Waals surface area contributed by atoms with Crippen LogP contribution in [0.15, 0.2) is 12.2 Å². The molecule has 0 aromatic heterocycles. The van der Waals surface area contributed by atoms with Gasteiger partial charge < -0.3 is 18.9 Å². The van der Waals surface area contributed by atoms with Gasteiger partial charge in [0.25, 0.3) is 0 Å². The second kappa shape index (κ2) is 14.5.